The SMILES string of the molecule is O=C(Nc1ccc(F)cc1)/C(=C/c1ccncc1)NC(=O)c1ccccc1. The third kappa shape index (κ3) is 5.09. The molecule has 2 amide bonds. The second kappa shape index (κ2) is 8.53. The normalized spacial score (nSPS) is 10.9. The molecule has 0 saturated carbocycles. The zero-order valence-corrected chi connectivity index (χ0v) is 14.2. The maximum absolute atomic E-state index is 13.0. The largest absolute Gasteiger partial charge is 0.321 e. The Bertz CT molecular complexity index is 956. The molecule has 0 bridgehead atoms. The molecule has 0 saturated heterocycles. The number of rotatable bonds is 5. The highest BCUT2D eigenvalue weighted by Gasteiger charge is 2.15. The lowest BCUT2D eigenvalue weighted by atomic mass is 10.2. The molecule has 0 unspecified atom stereocenters. The first kappa shape index (κ1) is 18.0. The zero-order valence-electron chi connectivity index (χ0n) is 14.2. The van der Waals surface area contributed by atoms with Gasteiger partial charge < -0.3 is 10.6 Å². The van der Waals surface area contributed by atoms with Gasteiger partial charge in [0.1, 0.15) is 11.5 Å². The Kier molecular flexibility index (Phi) is 5.69. The van der Waals surface area contributed by atoms with Crippen LogP contribution < -0.4 is 10.6 Å². The molecule has 0 aliphatic rings. The van der Waals surface area contributed by atoms with Crippen LogP contribution >= 0.6 is 0 Å². The van der Waals surface area contributed by atoms with Crippen molar-refractivity contribution < 1.29 is 14.0 Å². The minimum atomic E-state index is -0.525. The van der Waals surface area contributed by atoms with Crippen molar-refractivity contribution in [2.24, 2.45) is 0 Å². The number of hydrogen-bond donors (Lipinski definition) is 2. The first-order valence-corrected chi connectivity index (χ1v) is 8.17. The second-order valence-corrected chi connectivity index (χ2v) is 5.62. The fourth-order valence-corrected chi connectivity index (χ4v) is 2.30. The maximum Gasteiger partial charge on any atom is 0.272 e. The number of anilines is 1. The fourth-order valence-electron chi connectivity index (χ4n) is 2.30. The molecule has 3 aromatic rings. The molecule has 5 nitrogen and oxygen atoms in total. The smallest absolute Gasteiger partial charge is 0.272 e. The van der Waals surface area contributed by atoms with E-state index in [4.69, 9.17) is 0 Å². The molecule has 134 valence electrons. The van der Waals surface area contributed by atoms with Crippen molar-refractivity contribution in [3.05, 3.63) is 102 Å². The van der Waals surface area contributed by atoms with E-state index in [1.165, 1.54) is 24.3 Å². The van der Waals surface area contributed by atoms with E-state index < -0.39 is 17.6 Å². The molecular formula is C21H16FN3O2. The molecule has 0 fully saturated rings. The Morgan fingerprint density at radius 2 is 1.56 bits per heavy atom. The van der Waals surface area contributed by atoms with E-state index >= 15 is 0 Å². The molecule has 3 rings (SSSR count). The fraction of sp³-hybridized carbons (Fsp3) is 0. The summed E-state index contributed by atoms with van der Waals surface area (Å²) >= 11 is 0. The Morgan fingerprint density at radius 1 is 0.889 bits per heavy atom. The van der Waals surface area contributed by atoms with Crippen molar-refractivity contribution in [3.8, 4) is 0 Å². The van der Waals surface area contributed by atoms with E-state index in [2.05, 4.69) is 15.6 Å². The summed E-state index contributed by atoms with van der Waals surface area (Å²) in [6.07, 6.45) is 4.71. The third-order valence-electron chi connectivity index (χ3n) is 3.65. The molecule has 2 aromatic carbocycles. The number of amides is 2. The molecule has 0 atom stereocenters. The molecule has 0 spiro atoms. The number of nitrogens with zero attached hydrogens (tertiary/aromatic N) is 1. The summed E-state index contributed by atoms with van der Waals surface area (Å²) in [5, 5.41) is 5.27. The second-order valence-electron chi connectivity index (χ2n) is 5.62. The predicted molar refractivity (Wildman–Crippen MR) is 101 cm³/mol. The van der Waals surface area contributed by atoms with Gasteiger partial charge in [-0.1, -0.05) is 18.2 Å². The van der Waals surface area contributed by atoms with Crippen LogP contribution in [0.3, 0.4) is 0 Å². The average molecular weight is 361 g/mol. The minimum Gasteiger partial charge on any atom is -0.321 e. The predicted octanol–water partition coefficient (Wildman–Crippen LogP) is 3.63. The number of hydrogen-bond acceptors (Lipinski definition) is 3. The number of halogens is 1. The van der Waals surface area contributed by atoms with Crippen molar-refractivity contribution in [2.45, 2.75) is 0 Å². The summed E-state index contributed by atoms with van der Waals surface area (Å²) in [5.74, 6) is -1.34. The van der Waals surface area contributed by atoms with Crippen molar-refractivity contribution in [1.82, 2.24) is 10.3 Å². The summed E-state index contributed by atoms with van der Waals surface area (Å²) in [5.41, 5.74) is 1.59. The average Bonchev–Trinajstić information content (AvgIpc) is 2.70. The highest BCUT2D eigenvalue weighted by Crippen LogP contribution is 2.12. The molecule has 0 aliphatic heterocycles. The molecule has 27 heavy (non-hydrogen) atoms. The molecule has 6 heteroatoms. The van der Waals surface area contributed by atoms with Gasteiger partial charge >= 0.3 is 0 Å². The molecule has 0 aliphatic carbocycles. The third-order valence-corrected chi connectivity index (χ3v) is 3.65. The van der Waals surface area contributed by atoms with Gasteiger partial charge in [0.25, 0.3) is 11.8 Å². The lowest BCUT2D eigenvalue weighted by molar-refractivity contribution is -0.113. The van der Waals surface area contributed by atoms with E-state index in [0.29, 0.717) is 16.8 Å². The molecular weight excluding hydrogens is 345 g/mol. The van der Waals surface area contributed by atoms with Crippen LogP contribution in [0, 0.1) is 5.82 Å². The monoisotopic (exact) mass is 361 g/mol. The lowest BCUT2D eigenvalue weighted by Gasteiger charge is -2.11. The van der Waals surface area contributed by atoms with Gasteiger partial charge in [-0.05, 0) is 60.2 Å². The van der Waals surface area contributed by atoms with Crippen LogP contribution in [0.2, 0.25) is 0 Å². The summed E-state index contributed by atoms with van der Waals surface area (Å²) in [4.78, 5) is 29.0. The number of nitrogens with one attached hydrogen (secondary N) is 2. The van der Waals surface area contributed by atoms with E-state index in [0.717, 1.165) is 0 Å². The van der Waals surface area contributed by atoms with Crippen molar-refractivity contribution in [2.75, 3.05) is 5.32 Å². The minimum absolute atomic E-state index is 0.0550. The molecule has 1 aromatic heterocycles. The van der Waals surface area contributed by atoms with Gasteiger partial charge in [0.15, 0.2) is 0 Å². The molecule has 2 N–H and O–H groups in total. The maximum atomic E-state index is 13.0. The Morgan fingerprint density at radius 3 is 2.22 bits per heavy atom. The van der Waals surface area contributed by atoms with Crippen LogP contribution in [0.25, 0.3) is 6.08 Å². The highest BCUT2D eigenvalue weighted by molar-refractivity contribution is 6.10. The Labute approximate surface area is 155 Å². The van der Waals surface area contributed by atoms with Crippen molar-refractivity contribution in [3.63, 3.8) is 0 Å². The van der Waals surface area contributed by atoms with Gasteiger partial charge in [-0.3, -0.25) is 14.6 Å². The first-order valence-electron chi connectivity index (χ1n) is 8.17. The van der Waals surface area contributed by atoms with Gasteiger partial charge in [-0.2, -0.15) is 0 Å². The van der Waals surface area contributed by atoms with E-state index in [1.807, 2.05) is 0 Å². The van der Waals surface area contributed by atoms with Gasteiger partial charge in [0, 0.05) is 23.6 Å². The van der Waals surface area contributed by atoms with E-state index in [9.17, 15) is 14.0 Å². The lowest BCUT2D eigenvalue weighted by Crippen LogP contribution is -2.30. The van der Waals surface area contributed by atoms with Gasteiger partial charge in [-0.25, -0.2) is 4.39 Å². The van der Waals surface area contributed by atoms with Crippen LogP contribution in [0.1, 0.15) is 15.9 Å². The summed E-state index contributed by atoms with van der Waals surface area (Å²) < 4.78 is 13.0. The number of carbonyl (C=O) groups is 2. The topological polar surface area (TPSA) is 71.1 Å². The molecule has 1 heterocycles. The summed E-state index contributed by atoms with van der Waals surface area (Å²) in [7, 11) is 0. The van der Waals surface area contributed by atoms with Crippen LogP contribution in [-0.4, -0.2) is 16.8 Å². The van der Waals surface area contributed by atoms with Gasteiger partial charge in [-0.15, -0.1) is 0 Å². The van der Waals surface area contributed by atoms with Crippen LogP contribution in [0.15, 0.2) is 84.8 Å². The van der Waals surface area contributed by atoms with Crippen molar-refractivity contribution >= 4 is 23.6 Å². The standard InChI is InChI=1S/C21H16FN3O2/c22-17-6-8-18(9-7-17)24-21(27)19(14-15-10-12-23-13-11-15)25-20(26)16-4-2-1-3-5-16/h1-14H,(H,24,27)(H,25,26)/b19-14-. The van der Waals surface area contributed by atoms with Crippen molar-refractivity contribution in [1.29, 1.82) is 0 Å². The van der Waals surface area contributed by atoms with Crippen LogP contribution in [0.4, 0.5) is 10.1 Å². The van der Waals surface area contributed by atoms with E-state index in [-0.39, 0.29) is 5.70 Å². The number of pyridine rings is 1. The summed E-state index contributed by atoms with van der Waals surface area (Å²) in [6.45, 7) is 0. The number of aromatic nitrogens is 1. The zero-order chi connectivity index (χ0) is 19.1. The molecule has 0 radical (unpaired) electrons. The number of benzene rings is 2. The van der Waals surface area contributed by atoms with E-state index in [1.54, 1.807) is 60.9 Å². The highest BCUT2D eigenvalue weighted by atomic mass is 19.1. The Balaban J connectivity index is 1.85. The van der Waals surface area contributed by atoms with Crippen LogP contribution in [0.5, 0.6) is 0 Å². The van der Waals surface area contributed by atoms with Gasteiger partial charge in [0.05, 0.1) is 0 Å². The summed E-state index contributed by atoms with van der Waals surface area (Å²) in [6, 6.07) is 17.3. The van der Waals surface area contributed by atoms with Gasteiger partial charge in [0.2, 0.25) is 0 Å². The Hall–Kier alpha value is -3.80. The first-order chi connectivity index (χ1) is 13.1. The quantitative estimate of drug-likeness (QED) is 0.682. The number of carbonyl (C=O) groups excluding carboxylic acids is 2. The van der Waals surface area contributed by atoms with Crippen LogP contribution in [-0.2, 0) is 4.79 Å².